The zero-order chi connectivity index (χ0) is 18.3. The maximum absolute atomic E-state index is 12.8. The minimum Gasteiger partial charge on any atom is -0.508 e. The molecule has 0 radical (unpaired) electrons. The molecule has 4 rings (SSSR count). The van der Waals surface area contributed by atoms with E-state index in [0.717, 1.165) is 16.7 Å². The van der Waals surface area contributed by atoms with Crippen molar-refractivity contribution < 1.29 is 9.90 Å². The van der Waals surface area contributed by atoms with Gasteiger partial charge in [0.2, 0.25) is 0 Å². The number of carbonyl (C=O) groups is 1. The van der Waals surface area contributed by atoms with Crippen LogP contribution >= 0.6 is 23.2 Å². The lowest BCUT2D eigenvalue weighted by molar-refractivity contribution is 0.0969. The Kier molecular flexibility index (Phi) is 4.47. The minimum absolute atomic E-state index is 0.0350. The Morgan fingerprint density at radius 3 is 2.12 bits per heavy atom. The number of ketones is 1. The van der Waals surface area contributed by atoms with Crippen molar-refractivity contribution in [3.8, 4) is 16.9 Å². The number of rotatable bonds is 2. The van der Waals surface area contributed by atoms with E-state index in [-0.39, 0.29) is 17.5 Å². The summed E-state index contributed by atoms with van der Waals surface area (Å²) in [5, 5.41) is 11.9. The molecule has 0 saturated heterocycles. The Morgan fingerprint density at radius 2 is 1.46 bits per heavy atom. The van der Waals surface area contributed by atoms with Crippen LogP contribution in [0.2, 0.25) is 10.0 Å². The van der Waals surface area contributed by atoms with Crippen LogP contribution in [0, 0.1) is 0 Å². The molecular formula is C22H16Cl2O2. The molecule has 0 amide bonds. The van der Waals surface area contributed by atoms with Gasteiger partial charge >= 0.3 is 0 Å². The molecule has 0 spiro atoms. The number of aromatic hydroxyl groups is 1. The van der Waals surface area contributed by atoms with E-state index in [4.69, 9.17) is 23.2 Å². The van der Waals surface area contributed by atoms with Crippen LogP contribution in [0.25, 0.3) is 11.1 Å². The van der Waals surface area contributed by atoms with Crippen LogP contribution in [0.1, 0.15) is 40.2 Å². The number of phenolic OH excluding ortho intramolecular Hbond substituents is 1. The number of carbonyl (C=O) groups excluding carboxylic acids is 1. The number of Topliss-reactive ketones (excluding diaryl/α,β-unsaturated/α-hetero) is 1. The molecular weight excluding hydrogens is 367 g/mol. The highest BCUT2D eigenvalue weighted by molar-refractivity contribution is 6.30. The van der Waals surface area contributed by atoms with Crippen LogP contribution in [-0.2, 0) is 0 Å². The fourth-order valence-electron chi connectivity index (χ4n) is 3.70. The van der Waals surface area contributed by atoms with E-state index in [9.17, 15) is 9.90 Å². The molecule has 130 valence electrons. The first-order valence-electron chi connectivity index (χ1n) is 8.45. The summed E-state index contributed by atoms with van der Waals surface area (Å²) in [5.74, 6) is 0.184. The summed E-state index contributed by atoms with van der Waals surface area (Å²) >= 11 is 12.0. The number of hydrogen-bond donors (Lipinski definition) is 1. The van der Waals surface area contributed by atoms with Gasteiger partial charge in [0.25, 0.3) is 0 Å². The predicted molar refractivity (Wildman–Crippen MR) is 105 cm³/mol. The van der Waals surface area contributed by atoms with E-state index in [1.807, 2.05) is 36.4 Å². The average Bonchev–Trinajstić information content (AvgIpc) is 2.64. The zero-order valence-electron chi connectivity index (χ0n) is 13.9. The van der Waals surface area contributed by atoms with E-state index < -0.39 is 0 Å². The summed E-state index contributed by atoms with van der Waals surface area (Å²) in [5.41, 5.74) is 4.11. The second-order valence-corrected chi connectivity index (χ2v) is 7.37. The van der Waals surface area contributed by atoms with E-state index in [0.29, 0.717) is 34.0 Å². The Balaban J connectivity index is 1.91. The first-order valence-corrected chi connectivity index (χ1v) is 9.20. The molecule has 1 aliphatic carbocycles. The lowest BCUT2D eigenvalue weighted by Gasteiger charge is -2.28. The fraction of sp³-hybridized carbons (Fsp3) is 0.136. The Labute approximate surface area is 162 Å². The monoisotopic (exact) mass is 382 g/mol. The maximum atomic E-state index is 12.8. The number of hydrogen-bond acceptors (Lipinski definition) is 2. The Morgan fingerprint density at radius 1 is 0.846 bits per heavy atom. The van der Waals surface area contributed by atoms with E-state index in [1.165, 1.54) is 0 Å². The standard InChI is InChI=1S/C22H16Cl2O2/c23-15-5-1-13(2-6-15)17-9-11-20(26)22-18(10-12-19(25)21(17)22)14-3-7-16(24)8-4-14/h1-9,11,18,26H,10,12H2. The van der Waals surface area contributed by atoms with Crippen molar-refractivity contribution in [2.24, 2.45) is 0 Å². The SMILES string of the molecule is O=C1CCC(c2ccc(Cl)cc2)c2c(O)ccc(-c3ccc(Cl)cc3)c21. The normalized spacial score (nSPS) is 16.4. The van der Waals surface area contributed by atoms with Gasteiger partial charge in [0.15, 0.2) is 5.78 Å². The van der Waals surface area contributed by atoms with Crippen LogP contribution in [-0.4, -0.2) is 10.9 Å². The zero-order valence-corrected chi connectivity index (χ0v) is 15.4. The van der Waals surface area contributed by atoms with Crippen LogP contribution < -0.4 is 0 Å². The van der Waals surface area contributed by atoms with Gasteiger partial charge in [-0.1, -0.05) is 47.5 Å². The third-order valence-corrected chi connectivity index (χ3v) is 5.44. The van der Waals surface area contributed by atoms with Crippen LogP contribution in [0.15, 0.2) is 60.7 Å². The van der Waals surface area contributed by atoms with Crippen molar-refractivity contribution in [1.82, 2.24) is 0 Å². The summed E-state index contributed by atoms with van der Waals surface area (Å²) in [7, 11) is 0. The molecule has 2 nitrogen and oxygen atoms in total. The molecule has 1 aliphatic rings. The Hall–Kier alpha value is -2.29. The second-order valence-electron chi connectivity index (χ2n) is 6.49. The lowest BCUT2D eigenvalue weighted by atomic mass is 9.75. The highest BCUT2D eigenvalue weighted by Gasteiger charge is 2.31. The molecule has 3 aromatic rings. The largest absolute Gasteiger partial charge is 0.508 e. The van der Waals surface area contributed by atoms with Gasteiger partial charge in [-0.3, -0.25) is 4.79 Å². The average molecular weight is 383 g/mol. The molecule has 1 atom stereocenters. The molecule has 1 unspecified atom stereocenters. The number of phenols is 1. The van der Waals surface area contributed by atoms with Crippen molar-refractivity contribution in [3.63, 3.8) is 0 Å². The molecule has 26 heavy (non-hydrogen) atoms. The smallest absolute Gasteiger partial charge is 0.163 e. The van der Waals surface area contributed by atoms with Crippen LogP contribution in [0.5, 0.6) is 5.75 Å². The first kappa shape index (κ1) is 17.1. The molecule has 0 saturated carbocycles. The van der Waals surface area contributed by atoms with Crippen molar-refractivity contribution in [2.75, 3.05) is 0 Å². The molecule has 3 aromatic carbocycles. The summed E-state index contributed by atoms with van der Waals surface area (Å²) in [6.07, 6.45) is 1.12. The highest BCUT2D eigenvalue weighted by Crippen LogP contribution is 2.45. The quantitative estimate of drug-likeness (QED) is 0.550. The van der Waals surface area contributed by atoms with Gasteiger partial charge in [-0.05, 0) is 59.5 Å². The van der Waals surface area contributed by atoms with Gasteiger partial charge in [-0.2, -0.15) is 0 Å². The highest BCUT2D eigenvalue weighted by atomic mass is 35.5. The van der Waals surface area contributed by atoms with Crippen molar-refractivity contribution in [2.45, 2.75) is 18.8 Å². The third-order valence-electron chi connectivity index (χ3n) is 4.94. The lowest BCUT2D eigenvalue weighted by Crippen LogP contribution is -2.18. The summed E-state index contributed by atoms with van der Waals surface area (Å²) < 4.78 is 0. The van der Waals surface area contributed by atoms with Gasteiger partial charge in [0.1, 0.15) is 5.75 Å². The summed E-state index contributed by atoms with van der Waals surface area (Å²) in [6.45, 7) is 0. The first-order chi connectivity index (χ1) is 12.5. The molecule has 0 aliphatic heterocycles. The fourth-order valence-corrected chi connectivity index (χ4v) is 3.96. The molecule has 0 heterocycles. The third kappa shape index (κ3) is 3.00. The molecule has 0 fully saturated rings. The summed E-state index contributed by atoms with van der Waals surface area (Å²) in [6, 6.07) is 18.5. The molecule has 1 N–H and O–H groups in total. The predicted octanol–water partition coefficient (Wildman–Crippen LogP) is 6.47. The van der Waals surface area contributed by atoms with Gasteiger partial charge in [0.05, 0.1) is 0 Å². The maximum Gasteiger partial charge on any atom is 0.163 e. The van der Waals surface area contributed by atoms with E-state index in [2.05, 4.69) is 0 Å². The van der Waals surface area contributed by atoms with Crippen molar-refractivity contribution in [3.05, 3.63) is 87.4 Å². The van der Waals surface area contributed by atoms with Gasteiger partial charge in [-0.15, -0.1) is 0 Å². The van der Waals surface area contributed by atoms with Gasteiger partial charge in [0, 0.05) is 33.5 Å². The molecule has 0 aromatic heterocycles. The topological polar surface area (TPSA) is 37.3 Å². The molecule has 0 bridgehead atoms. The van der Waals surface area contributed by atoms with Crippen LogP contribution in [0.4, 0.5) is 0 Å². The van der Waals surface area contributed by atoms with Crippen molar-refractivity contribution >= 4 is 29.0 Å². The number of fused-ring (bicyclic) bond motifs is 1. The van der Waals surface area contributed by atoms with E-state index >= 15 is 0 Å². The number of halogens is 2. The second kappa shape index (κ2) is 6.79. The van der Waals surface area contributed by atoms with Gasteiger partial charge < -0.3 is 5.11 Å². The minimum atomic E-state index is -0.0350. The van der Waals surface area contributed by atoms with Crippen molar-refractivity contribution in [1.29, 1.82) is 0 Å². The van der Waals surface area contributed by atoms with Gasteiger partial charge in [-0.25, -0.2) is 0 Å². The Bertz CT molecular complexity index is 976. The summed E-state index contributed by atoms with van der Waals surface area (Å²) in [4.78, 5) is 12.8. The van der Waals surface area contributed by atoms with Crippen LogP contribution in [0.3, 0.4) is 0 Å². The number of benzene rings is 3. The van der Waals surface area contributed by atoms with E-state index in [1.54, 1.807) is 24.3 Å². The molecule has 4 heteroatoms.